The van der Waals surface area contributed by atoms with Crippen molar-refractivity contribution < 1.29 is 19.2 Å². The van der Waals surface area contributed by atoms with Crippen molar-refractivity contribution in [2.75, 3.05) is 25.5 Å². The van der Waals surface area contributed by atoms with E-state index in [1.165, 1.54) is 25.3 Å². The van der Waals surface area contributed by atoms with E-state index in [0.717, 1.165) is 25.9 Å². The van der Waals surface area contributed by atoms with E-state index in [1.54, 1.807) is 29.2 Å². The monoisotopic (exact) mass is 369 g/mol. The van der Waals surface area contributed by atoms with Gasteiger partial charge in [0.2, 0.25) is 0 Å². The molecule has 2 aromatic rings. The van der Waals surface area contributed by atoms with Crippen molar-refractivity contribution >= 4 is 23.2 Å². The summed E-state index contributed by atoms with van der Waals surface area (Å²) in [5.74, 6) is -0.315. The molecule has 1 aliphatic heterocycles. The minimum absolute atomic E-state index is 0.0335. The fourth-order valence-electron chi connectivity index (χ4n) is 2.98. The Balaban J connectivity index is 1.76. The van der Waals surface area contributed by atoms with Crippen molar-refractivity contribution in [1.82, 2.24) is 4.90 Å². The molecule has 2 aromatic carbocycles. The molecule has 0 aromatic heterocycles. The largest absolute Gasteiger partial charge is 0.497 e. The zero-order valence-electron chi connectivity index (χ0n) is 14.8. The molecular formula is C19H19N3O5. The Hall–Kier alpha value is -3.42. The number of hydrogen-bond donors (Lipinski definition) is 1. The standard InChI is InChI=1S/C19H19N3O5/c1-27-15-8-9-17(22(25)26)16(12-15)18(23)20-14-6-4-13(5-7-14)19(24)21-10-2-3-11-21/h4-9,12H,2-3,10-11H2,1H3,(H,20,23). The molecule has 1 N–H and O–H groups in total. The number of nitro groups is 1. The van der Waals surface area contributed by atoms with E-state index in [1.807, 2.05) is 0 Å². The van der Waals surface area contributed by atoms with Crippen LogP contribution in [0, 0.1) is 10.1 Å². The van der Waals surface area contributed by atoms with Crippen LogP contribution in [0.2, 0.25) is 0 Å². The molecule has 8 heteroatoms. The molecule has 8 nitrogen and oxygen atoms in total. The number of benzene rings is 2. The van der Waals surface area contributed by atoms with Crippen LogP contribution < -0.4 is 10.1 Å². The number of carbonyl (C=O) groups is 2. The van der Waals surface area contributed by atoms with E-state index >= 15 is 0 Å². The molecule has 3 rings (SSSR count). The van der Waals surface area contributed by atoms with Crippen molar-refractivity contribution in [3.63, 3.8) is 0 Å². The van der Waals surface area contributed by atoms with Crippen LogP contribution in [-0.2, 0) is 0 Å². The Morgan fingerprint density at radius 3 is 2.37 bits per heavy atom. The first-order valence-electron chi connectivity index (χ1n) is 8.52. The molecule has 1 heterocycles. The lowest BCUT2D eigenvalue weighted by atomic mass is 10.1. The van der Waals surface area contributed by atoms with Crippen molar-refractivity contribution in [3.05, 3.63) is 63.7 Å². The van der Waals surface area contributed by atoms with Crippen molar-refractivity contribution in [2.45, 2.75) is 12.8 Å². The fourth-order valence-corrected chi connectivity index (χ4v) is 2.98. The molecule has 1 aliphatic rings. The van der Waals surface area contributed by atoms with Gasteiger partial charge in [-0.3, -0.25) is 19.7 Å². The maximum Gasteiger partial charge on any atom is 0.282 e. The van der Waals surface area contributed by atoms with Gasteiger partial charge in [0, 0.05) is 30.4 Å². The number of amides is 2. The quantitative estimate of drug-likeness (QED) is 0.644. The van der Waals surface area contributed by atoms with Crippen LogP contribution in [0.4, 0.5) is 11.4 Å². The van der Waals surface area contributed by atoms with E-state index < -0.39 is 10.8 Å². The highest BCUT2D eigenvalue weighted by Gasteiger charge is 2.22. The Morgan fingerprint density at radius 1 is 1.11 bits per heavy atom. The van der Waals surface area contributed by atoms with Gasteiger partial charge in [-0.1, -0.05) is 0 Å². The fraction of sp³-hybridized carbons (Fsp3) is 0.263. The summed E-state index contributed by atoms with van der Waals surface area (Å²) in [5, 5.41) is 13.8. The van der Waals surface area contributed by atoms with E-state index in [-0.39, 0.29) is 17.2 Å². The molecule has 0 bridgehead atoms. The molecule has 0 spiro atoms. The predicted octanol–water partition coefficient (Wildman–Crippen LogP) is 3.09. The summed E-state index contributed by atoms with van der Waals surface area (Å²) in [6.07, 6.45) is 2.03. The Labute approximate surface area is 155 Å². The highest BCUT2D eigenvalue weighted by atomic mass is 16.6. The first-order valence-corrected chi connectivity index (χ1v) is 8.52. The Morgan fingerprint density at radius 2 is 1.78 bits per heavy atom. The zero-order chi connectivity index (χ0) is 19.4. The lowest BCUT2D eigenvalue weighted by Gasteiger charge is -2.15. The smallest absolute Gasteiger partial charge is 0.282 e. The third-order valence-electron chi connectivity index (χ3n) is 4.43. The maximum atomic E-state index is 12.5. The number of rotatable bonds is 5. The lowest BCUT2D eigenvalue weighted by molar-refractivity contribution is -0.385. The number of nitro benzene ring substituents is 1. The summed E-state index contributed by atoms with van der Waals surface area (Å²) in [7, 11) is 1.42. The normalized spacial score (nSPS) is 13.3. The lowest BCUT2D eigenvalue weighted by Crippen LogP contribution is -2.27. The Bertz CT molecular complexity index is 873. The van der Waals surface area contributed by atoms with Gasteiger partial charge in [-0.25, -0.2) is 0 Å². The predicted molar refractivity (Wildman–Crippen MR) is 99.2 cm³/mol. The third-order valence-corrected chi connectivity index (χ3v) is 4.43. The molecule has 140 valence electrons. The van der Waals surface area contributed by atoms with E-state index in [9.17, 15) is 19.7 Å². The molecule has 27 heavy (non-hydrogen) atoms. The first-order chi connectivity index (χ1) is 13.0. The summed E-state index contributed by atoms with van der Waals surface area (Å²) in [6, 6.07) is 10.4. The Kier molecular flexibility index (Phi) is 5.35. The molecule has 0 atom stereocenters. The van der Waals surface area contributed by atoms with Crippen molar-refractivity contribution in [3.8, 4) is 5.75 Å². The molecule has 0 unspecified atom stereocenters. The summed E-state index contributed by atoms with van der Waals surface area (Å²) in [6.45, 7) is 1.52. The van der Waals surface area contributed by atoms with E-state index in [0.29, 0.717) is 17.0 Å². The van der Waals surface area contributed by atoms with E-state index in [4.69, 9.17) is 4.74 Å². The highest BCUT2D eigenvalue weighted by Crippen LogP contribution is 2.25. The number of likely N-dealkylation sites (tertiary alicyclic amines) is 1. The van der Waals surface area contributed by atoms with Gasteiger partial charge in [-0.2, -0.15) is 0 Å². The van der Waals surface area contributed by atoms with Gasteiger partial charge in [0.05, 0.1) is 12.0 Å². The second kappa shape index (κ2) is 7.86. The van der Waals surface area contributed by atoms with E-state index in [2.05, 4.69) is 5.32 Å². The zero-order valence-corrected chi connectivity index (χ0v) is 14.8. The minimum atomic E-state index is -0.626. The third kappa shape index (κ3) is 4.05. The van der Waals surface area contributed by atoms with Crippen LogP contribution in [0.1, 0.15) is 33.6 Å². The van der Waals surface area contributed by atoms with Crippen molar-refractivity contribution in [1.29, 1.82) is 0 Å². The van der Waals surface area contributed by atoms with Gasteiger partial charge in [0.15, 0.2) is 0 Å². The SMILES string of the molecule is COc1ccc([N+](=O)[O-])c(C(=O)Nc2ccc(C(=O)N3CCCC3)cc2)c1. The average Bonchev–Trinajstić information content (AvgIpc) is 3.22. The second-order valence-corrected chi connectivity index (χ2v) is 6.17. The summed E-state index contributed by atoms with van der Waals surface area (Å²) in [5.41, 5.74) is 0.572. The molecule has 1 fully saturated rings. The molecule has 0 aliphatic carbocycles. The number of methoxy groups -OCH3 is 1. The molecule has 2 amide bonds. The highest BCUT2D eigenvalue weighted by molar-refractivity contribution is 6.07. The van der Waals surface area contributed by atoms with Crippen LogP contribution in [0.3, 0.4) is 0 Å². The first kappa shape index (κ1) is 18.4. The van der Waals surface area contributed by atoms with Gasteiger partial charge in [0.1, 0.15) is 11.3 Å². The van der Waals surface area contributed by atoms with Gasteiger partial charge >= 0.3 is 0 Å². The summed E-state index contributed by atoms with van der Waals surface area (Å²) in [4.78, 5) is 37.2. The number of hydrogen-bond acceptors (Lipinski definition) is 5. The van der Waals surface area contributed by atoms with Gasteiger partial charge in [-0.15, -0.1) is 0 Å². The molecular weight excluding hydrogens is 350 g/mol. The van der Waals surface area contributed by atoms with Crippen LogP contribution in [0.5, 0.6) is 5.75 Å². The average molecular weight is 369 g/mol. The summed E-state index contributed by atoms with van der Waals surface area (Å²) < 4.78 is 5.04. The second-order valence-electron chi connectivity index (χ2n) is 6.17. The number of nitrogens with zero attached hydrogens (tertiary/aromatic N) is 2. The topological polar surface area (TPSA) is 102 Å². The van der Waals surface area contributed by atoms with Crippen LogP contribution >= 0.6 is 0 Å². The minimum Gasteiger partial charge on any atom is -0.497 e. The number of anilines is 1. The molecule has 0 saturated carbocycles. The summed E-state index contributed by atoms with van der Waals surface area (Å²) >= 11 is 0. The number of ether oxygens (including phenoxy) is 1. The maximum absolute atomic E-state index is 12.5. The van der Waals surface area contributed by atoms with Gasteiger partial charge in [-0.05, 0) is 49.2 Å². The van der Waals surface area contributed by atoms with Gasteiger partial charge < -0.3 is 15.0 Å². The van der Waals surface area contributed by atoms with Crippen LogP contribution in [-0.4, -0.2) is 41.8 Å². The number of nitrogens with one attached hydrogen (secondary N) is 1. The number of carbonyl (C=O) groups excluding carboxylic acids is 2. The van der Waals surface area contributed by atoms with Crippen LogP contribution in [0.15, 0.2) is 42.5 Å². The molecule has 0 radical (unpaired) electrons. The van der Waals surface area contributed by atoms with Crippen LogP contribution in [0.25, 0.3) is 0 Å². The van der Waals surface area contributed by atoms with Crippen molar-refractivity contribution in [2.24, 2.45) is 0 Å². The molecule has 1 saturated heterocycles. The van der Waals surface area contributed by atoms with Gasteiger partial charge in [0.25, 0.3) is 17.5 Å².